The number of guanidine groups is 1. The number of carbonyl (C=O) groups excluding carboxylic acids is 2. The lowest BCUT2D eigenvalue weighted by atomic mass is 9.80. The molecule has 5 rings (SSSR count). The Bertz CT molecular complexity index is 1300. The number of amides is 1. The van der Waals surface area contributed by atoms with E-state index in [1.54, 1.807) is 4.90 Å². The monoisotopic (exact) mass is 895 g/mol. The molecule has 0 aromatic carbocycles. The molecule has 5 aliphatic rings. The molecule has 0 unspecified atom stereocenters. The summed E-state index contributed by atoms with van der Waals surface area (Å²) in [5.74, 6) is 0.640. The van der Waals surface area contributed by atoms with Crippen LogP contribution in [-0.2, 0) is 23.8 Å². The van der Waals surface area contributed by atoms with Crippen molar-refractivity contribution < 1.29 is 45.9 Å². The van der Waals surface area contributed by atoms with Crippen LogP contribution in [0.5, 0.6) is 0 Å². The third-order valence-corrected chi connectivity index (χ3v) is 13.0. The number of hydrogen-bond donors (Lipinski definition) is 5. The SMILES string of the molecule is CC[C@H]1C=CCC[C@@]2(C[C@@H]3CC[C@@H]4[C@H](C(=O)OCCCCCCCCCCCCCCC(=O)N(CCCN)C[C@@H](O)CCN)[C@]5(CCC[C@@H](C)O5)NC(=[N+]34)N2)O1.Cl.Cl.[Cl-]. The van der Waals surface area contributed by atoms with E-state index in [1.165, 1.54) is 44.9 Å². The van der Waals surface area contributed by atoms with Gasteiger partial charge in [0.1, 0.15) is 0 Å². The first-order chi connectivity index (χ1) is 27.2. The van der Waals surface area contributed by atoms with Crippen LogP contribution in [0.4, 0.5) is 0 Å². The third-order valence-electron chi connectivity index (χ3n) is 13.0. The summed E-state index contributed by atoms with van der Waals surface area (Å²) in [6.07, 6.45) is 28.3. The van der Waals surface area contributed by atoms with Crippen LogP contribution in [0.25, 0.3) is 0 Å². The molecule has 15 heteroatoms. The number of ether oxygens (including phenoxy) is 3. The van der Waals surface area contributed by atoms with Gasteiger partial charge in [0.15, 0.2) is 11.6 Å². The van der Waals surface area contributed by atoms with Crippen molar-refractivity contribution in [3.8, 4) is 0 Å². The maximum Gasteiger partial charge on any atom is 0.350 e. The van der Waals surface area contributed by atoms with Crippen LogP contribution in [0.3, 0.4) is 0 Å². The molecule has 8 atom stereocenters. The summed E-state index contributed by atoms with van der Waals surface area (Å²) < 4.78 is 22.1. The number of allylic oxidation sites excluding steroid dienone is 1. The number of carbonyl (C=O) groups is 2. The summed E-state index contributed by atoms with van der Waals surface area (Å²) in [6, 6.07) is 0.386. The first-order valence-electron chi connectivity index (χ1n) is 23.0. The van der Waals surface area contributed by atoms with Gasteiger partial charge in [0.2, 0.25) is 11.6 Å². The molecule has 0 radical (unpaired) electrons. The lowest BCUT2D eigenvalue weighted by Gasteiger charge is -2.50. The van der Waals surface area contributed by atoms with E-state index < -0.39 is 17.6 Å². The van der Waals surface area contributed by atoms with E-state index >= 15 is 0 Å². The van der Waals surface area contributed by atoms with Gasteiger partial charge in [-0.25, -0.2) is 10.6 Å². The Labute approximate surface area is 374 Å². The molecule has 2 saturated heterocycles. The van der Waals surface area contributed by atoms with Crippen molar-refractivity contribution in [1.29, 1.82) is 0 Å². The Morgan fingerprint density at radius 2 is 1.61 bits per heavy atom. The average Bonchev–Trinajstić information content (AvgIpc) is 3.48. The highest BCUT2D eigenvalue weighted by Gasteiger charge is 2.64. The maximum absolute atomic E-state index is 14.1. The van der Waals surface area contributed by atoms with Gasteiger partial charge in [0.25, 0.3) is 0 Å². The number of hydrogen-bond acceptors (Lipinski definition) is 10. The van der Waals surface area contributed by atoms with E-state index in [2.05, 4.69) is 41.2 Å². The number of esters is 1. The molecule has 0 aliphatic carbocycles. The van der Waals surface area contributed by atoms with Crippen molar-refractivity contribution in [2.24, 2.45) is 17.4 Å². The average molecular weight is 897 g/mol. The summed E-state index contributed by atoms with van der Waals surface area (Å²) in [4.78, 5) is 28.5. The van der Waals surface area contributed by atoms with E-state index in [0.29, 0.717) is 51.7 Å². The Morgan fingerprint density at radius 3 is 2.25 bits per heavy atom. The van der Waals surface area contributed by atoms with E-state index in [-0.39, 0.29) is 73.3 Å². The van der Waals surface area contributed by atoms with E-state index in [9.17, 15) is 14.7 Å². The maximum atomic E-state index is 14.1. The molecular formula is C44H81Cl3N6O6. The molecular weight excluding hydrogens is 815 g/mol. The second kappa shape index (κ2) is 27.6. The molecule has 0 saturated carbocycles. The van der Waals surface area contributed by atoms with Crippen molar-refractivity contribution in [2.75, 3.05) is 32.8 Å². The fourth-order valence-electron chi connectivity index (χ4n) is 10.1. The zero-order valence-electron chi connectivity index (χ0n) is 36.4. The molecule has 12 nitrogen and oxygen atoms in total. The summed E-state index contributed by atoms with van der Waals surface area (Å²) in [5.41, 5.74) is 10.0. The number of unbranched alkanes of at least 4 members (excludes halogenated alkanes) is 11. The molecule has 0 aromatic heterocycles. The Kier molecular flexibility index (Phi) is 25.2. The normalized spacial score (nSPS) is 28.6. The quantitative estimate of drug-likeness (QED) is 0.0419. The van der Waals surface area contributed by atoms with Gasteiger partial charge in [0.05, 0.1) is 37.0 Å². The number of nitrogens with one attached hydrogen (secondary N) is 2. The van der Waals surface area contributed by atoms with Gasteiger partial charge in [0, 0.05) is 38.8 Å². The topological polar surface area (TPSA) is 164 Å². The lowest BCUT2D eigenvalue weighted by molar-refractivity contribution is -0.609. The first kappa shape index (κ1) is 53.8. The Hall–Kier alpha value is -1.38. The number of nitrogens with two attached hydrogens (primary N) is 2. The van der Waals surface area contributed by atoms with Gasteiger partial charge < -0.3 is 48.1 Å². The highest BCUT2D eigenvalue weighted by Crippen LogP contribution is 2.45. The molecule has 2 fully saturated rings. The van der Waals surface area contributed by atoms with E-state index in [4.69, 9.17) is 25.7 Å². The zero-order chi connectivity index (χ0) is 39.8. The summed E-state index contributed by atoms with van der Waals surface area (Å²) in [7, 11) is 0. The number of halogens is 3. The van der Waals surface area contributed by atoms with Gasteiger partial charge in [-0.1, -0.05) is 83.3 Å². The van der Waals surface area contributed by atoms with Crippen molar-refractivity contribution in [1.82, 2.24) is 15.5 Å². The highest BCUT2D eigenvalue weighted by molar-refractivity contribution is 5.85. The fraction of sp³-hybridized carbons (Fsp3) is 0.886. The molecule has 59 heavy (non-hydrogen) atoms. The van der Waals surface area contributed by atoms with Crippen molar-refractivity contribution >= 4 is 42.7 Å². The second-order valence-electron chi connectivity index (χ2n) is 17.6. The van der Waals surface area contributed by atoms with E-state index in [0.717, 1.165) is 102 Å². The lowest BCUT2D eigenvalue weighted by Crippen LogP contribution is -3.00. The van der Waals surface area contributed by atoms with E-state index in [1.807, 2.05) is 0 Å². The van der Waals surface area contributed by atoms with Crippen molar-refractivity contribution in [3.63, 3.8) is 0 Å². The summed E-state index contributed by atoms with van der Waals surface area (Å²) in [6.45, 7) is 6.71. The minimum absolute atomic E-state index is 0. The number of nitrogens with zero attached hydrogens (tertiary/aromatic N) is 2. The fourth-order valence-corrected chi connectivity index (χ4v) is 10.1. The number of aliphatic hydroxyl groups excluding tert-OH is 1. The van der Waals surface area contributed by atoms with Crippen LogP contribution in [-0.4, -0.2) is 107 Å². The largest absolute Gasteiger partial charge is 1.00 e. The smallest absolute Gasteiger partial charge is 0.350 e. The third kappa shape index (κ3) is 15.4. The van der Waals surface area contributed by atoms with Crippen LogP contribution in [0.1, 0.15) is 168 Å². The van der Waals surface area contributed by atoms with Crippen LogP contribution in [0.15, 0.2) is 12.2 Å². The van der Waals surface area contributed by atoms with Gasteiger partial charge in [-0.15, -0.1) is 24.8 Å². The van der Waals surface area contributed by atoms with Gasteiger partial charge >= 0.3 is 11.9 Å². The van der Waals surface area contributed by atoms with Crippen LogP contribution >= 0.6 is 24.8 Å². The Morgan fingerprint density at radius 1 is 0.932 bits per heavy atom. The molecule has 7 N–H and O–H groups in total. The molecule has 0 aromatic rings. The summed E-state index contributed by atoms with van der Waals surface area (Å²) in [5, 5.41) is 17.8. The molecule has 0 bridgehead atoms. The van der Waals surface area contributed by atoms with Crippen LogP contribution in [0, 0.1) is 5.92 Å². The minimum Gasteiger partial charge on any atom is -1.00 e. The van der Waals surface area contributed by atoms with Gasteiger partial charge in [-0.2, -0.15) is 0 Å². The molecule has 344 valence electrons. The summed E-state index contributed by atoms with van der Waals surface area (Å²) >= 11 is 0. The predicted molar refractivity (Wildman–Crippen MR) is 235 cm³/mol. The molecule has 1 amide bonds. The standard InChI is InChI=1S/C44H78N6O6.3ClH/c1-3-37-21-15-16-26-43(56-37)32-35-23-24-38-40(44(27-18-20-34(2)55-44)48-42(47-43)50(35)38)41(53)54-31-17-13-11-9-7-5-4-6-8-10-12-14-22-39(52)49(30-19-28-45)33-36(51)25-29-46;;;/h15,21,34-38,40,51H,3-14,16-20,22-33,45-46H2,1-2H3,(H,47,48);3*1H/t34-,35+,36+,37+,38-,40-,43+,44-;;;/m1.../s1. The minimum atomic E-state index is -0.764. The van der Waals surface area contributed by atoms with Crippen molar-refractivity contribution in [3.05, 3.63) is 12.2 Å². The second-order valence-corrected chi connectivity index (χ2v) is 17.6. The molecule has 5 aliphatic heterocycles. The van der Waals surface area contributed by atoms with Crippen LogP contribution in [0.2, 0.25) is 0 Å². The Balaban J connectivity index is 0.00000400. The molecule has 2 spiro atoms. The van der Waals surface area contributed by atoms with Gasteiger partial charge in [-0.3, -0.25) is 14.2 Å². The number of rotatable bonds is 24. The number of aliphatic hydroxyl groups is 1. The zero-order valence-corrected chi connectivity index (χ0v) is 38.7. The first-order valence-corrected chi connectivity index (χ1v) is 23.0. The van der Waals surface area contributed by atoms with Crippen molar-refractivity contribution in [2.45, 2.75) is 210 Å². The van der Waals surface area contributed by atoms with Gasteiger partial charge in [-0.05, 0) is 84.2 Å². The predicted octanol–water partition coefficient (Wildman–Crippen LogP) is 3.57. The highest BCUT2D eigenvalue weighted by atomic mass is 35.5. The van der Waals surface area contributed by atoms with Crippen LogP contribution < -0.4 is 34.5 Å². The molecule has 5 heterocycles.